The summed E-state index contributed by atoms with van der Waals surface area (Å²) < 4.78 is 11.0. The van der Waals surface area contributed by atoms with Crippen LogP contribution in [0.4, 0.5) is 5.82 Å². The van der Waals surface area contributed by atoms with E-state index in [4.69, 9.17) is 17.0 Å². The second-order valence-corrected chi connectivity index (χ2v) is 7.97. The zero-order valence-electron chi connectivity index (χ0n) is 16.9. The summed E-state index contributed by atoms with van der Waals surface area (Å²) in [7, 11) is 5.61. The fourth-order valence-corrected chi connectivity index (χ4v) is 3.50. The smallest absolute Gasteiger partial charge is 0.294 e. The minimum absolute atomic E-state index is 0.0912. The molecular weight excluding hydrogens is 391 g/mol. The van der Waals surface area contributed by atoms with Gasteiger partial charge < -0.3 is 29.6 Å². The Bertz CT molecular complexity index is 1090. The fraction of sp³-hybridized carbons (Fsp3) is 0.421. The molecule has 4 heterocycles. The van der Waals surface area contributed by atoms with Gasteiger partial charge in [0, 0.05) is 24.0 Å². The van der Waals surface area contributed by atoms with Crippen LogP contribution in [-0.2, 0) is 4.74 Å². The molecule has 3 aromatic rings. The van der Waals surface area contributed by atoms with Gasteiger partial charge in [0.2, 0.25) is 0 Å². The van der Waals surface area contributed by atoms with E-state index in [0.29, 0.717) is 16.8 Å². The molecule has 2 atom stereocenters. The third kappa shape index (κ3) is 2.82. The molecule has 1 aliphatic heterocycles. The summed E-state index contributed by atoms with van der Waals surface area (Å²) in [4.78, 5) is 13.6. The van der Waals surface area contributed by atoms with Gasteiger partial charge in [-0.15, -0.1) is 0 Å². The maximum absolute atomic E-state index is 10.8. The first-order valence-electron chi connectivity index (χ1n) is 9.15. The lowest BCUT2D eigenvalue weighted by atomic mass is 9.80. The minimum atomic E-state index is -3.19. The van der Waals surface area contributed by atoms with Crippen molar-refractivity contribution in [2.45, 2.75) is 50.6 Å². The number of morpholine rings is 1. The lowest BCUT2D eigenvalue weighted by Gasteiger charge is -2.61. The SMILES string of the molecule is [B]C1(O)OC(C)(O)C(C)(C)N(c2nc(C)nc3cc(-c4cccnc4)oc23)C1(O)O. The normalized spacial score (nSPS) is 28.1. The van der Waals surface area contributed by atoms with E-state index in [1.54, 1.807) is 37.5 Å². The first kappa shape index (κ1) is 20.7. The molecule has 156 valence electrons. The Kier molecular flexibility index (Phi) is 4.29. The van der Waals surface area contributed by atoms with Crippen LogP contribution < -0.4 is 4.90 Å². The van der Waals surface area contributed by atoms with Crippen LogP contribution in [0.2, 0.25) is 0 Å². The van der Waals surface area contributed by atoms with Crippen molar-refractivity contribution in [3.63, 3.8) is 0 Å². The summed E-state index contributed by atoms with van der Waals surface area (Å²) in [6, 6.07) is 5.18. The monoisotopic (exact) mass is 412 g/mol. The molecule has 4 rings (SSSR count). The summed E-state index contributed by atoms with van der Waals surface area (Å²) in [5.74, 6) is -4.70. The molecule has 1 saturated heterocycles. The predicted molar refractivity (Wildman–Crippen MR) is 106 cm³/mol. The zero-order valence-corrected chi connectivity index (χ0v) is 16.9. The van der Waals surface area contributed by atoms with Gasteiger partial charge in [-0.05, 0) is 39.8 Å². The van der Waals surface area contributed by atoms with Crippen molar-refractivity contribution in [1.29, 1.82) is 0 Å². The number of ether oxygens (including phenoxy) is 1. The highest BCUT2D eigenvalue weighted by Crippen LogP contribution is 2.48. The van der Waals surface area contributed by atoms with Gasteiger partial charge in [0.15, 0.2) is 30.7 Å². The molecule has 2 unspecified atom stereocenters. The number of aromatic nitrogens is 3. The zero-order chi connectivity index (χ0) is 22.1. The van der Waals surface area contributed by atoms with Crippen molar-refractivity contribution in [2.24, 2.45) is 0 Å². The van der Waals surface area contributed by atoms with Crippen LogP contribution in [-0.4, -0.2) is 66.1 Å². The quantitative estimate of drug-likeness (QED) is 0.344. The second kappa shape index (κ2) is 6.22. The molecule has 1 fully saturated rings. The second-order valence-electron chi connectivity index (χ2n) is 7.97. The summed E-state index contributed by atoms with van der Waals surface area (Å²) in [5, 5.41) is 42.8. The van der Waals surface area contributed by atoms with Crippen LogP contribution in [0.3, 0.4) is 0 Å². The number of hydrogen-bond acceptors (Lipinski definition) is 10. The molecule has 0 aromatic carbocycles. The molecule has 2 radical (unpaired) electrons. The molecule has 0 amide bonds. The number of anilines is 1. The fourth-order valence-electron chi connectivity index (χ4n) is 3.50. The van der Waals surface area contributed by atoms with Crippen LogP contribution in [0, 0.1) is 6.92 Å². The number of nitrogens with zero attached hydrogens (tertiary/aromatic N) is 4. The lowest BCUT2D eigenvalue weighted by Crippen LogP contribution is -2.82. The van der Waals surface area contributed by atoms with Crippen LogP contribution in [0.1, 0.15) is 26.6 Å². The van der Waals surface area contributed by atoms with Gasteiger partial charge in [0.25, 0.3) is 5.91 Å². The van der Waals surface area contributed by atoms with Gasteiger partial charge in [-0.1, -0.05) is 0 Å². The molecule has 0 aliphatic carbocycles. The Balaban J connectivity index is 2.00. The van der Waals surface area contributed by atoms with E-state index >= 15 is 0 Å². The number of rotatable bonds is 2. The van der Waals surface area contributed by atoms with Crippen LogP contribution >= 0.6 is 0 Å². The molecule has 1 aliphatic rings. The first-order chi connectivity index (χ1) is 13.8. The third-order valence-corrected chi connectivity index (χ3v) is 5.46. The molecular formula is C19H21BN4O6. The molecule has 30 heavy (non-hydrogen) atoms. The van der Waals surface area contributed by atoms with Crippen molar-refractivity contribution in [3.05, 3.63) is 36.4 Å². The van der Waals surface area contributed by atoms with E-state index in [1.165, 1.54) is 20.8 Å². The van der Waals surface area contributed by atoms with Crippen LogP contribution in [0.25, 0.3) is 22.4 Å². The van der Waals surface area contributed by atoms with E-state index in [9.17, 15) is 20.4 Å². The Labute approximate surface area is 173 Å². The maximum Gasteiger partial charge on any atom is 0.294 e. The van der Waals surface area contributed by atoms with Gasteiger partial charge in [-0.25, -0.2) is 9.97 Å². The average molecular weight is 412 g/mol. The van der Waals surface area contributed by atoms with E-state index in [-0.39, 0.29) is 17.2 Å². The number of aliphatic hydroxyl groups is 4. The van der Waals surface area contributed by atoms with Gasteiger partial charge >= 0.3 is 0 Å². The molecule has 0 saturated carbocycles. The molecule has 0 spiro atoms. The van der Waals surface area contributed by atoms with Crippen molar-refractivity contribution in [1.82, 2.24) is 15.0 Å². The van der Waals surface area contributed by atoms with E-state index in [2.05, 4.69) is 15.0 Å². The number of pyridine rings is 1. The van der Waals surface area contributed by atoms with E-state index in [1.807, 2.05) is 0 Å². The van der Waals surface area contributed by atoms with Crippen molar-refractivity contribution in [2.75, 3.05) is 4.90 Å². The van der Waals surface area contributed by atoms with Gasteiger partial charge in [0.1, 0.15) is 17.1 Å². The summed E-state index contributed by atoms with van der Waals surface area (Å²) in [5.41, 5.74) is -3.47. The maximum atomic E-state index is 10.8. The minimum Gasteiger partial charge on any atom is -0.450 e. The number of fused-ring (bicyclic) bond motifs is 1. The molecule has 10 nitrogen and oxygen atoms in total. The number of hydrogen-bond donors (Lipinski definition) is 4. The van der Waals surface area contributed by atoms with Gasteiger partial charge in [-0.2, -0.15) is 0 Å². The highest BCUT2D eigenvalue weighted by atomic mass is 16.7. The Morgan fingerprint density at radius 3 is 2.43 bits per heavy atom. The standard InChI is InChI=1S/C19H21BN4O6/c1-10-22-12-8-13(11-6-5-7-21-9-11)29-14(12)15(23-10)24-16(2,3)17(4,25)30-18(20,26)19(24,27)28/h5-9,25-28H,1-4H3. The highest BCUT2D eigenvalue weighted by molar-refractivity contribution is 6.14. The number of aryl methyl sites for hydroxylation is 1. The summed E-state index contributed by atoms with van der Waals surface area (Å²) in [6.45, 7) is 5.78. The molecule has 3 aromatic heterocycles. The number of furan rings is 1. The Hall–Kier alpha value is -2.57. The summed E-state index contributed by atoms with van der Waals surface area (Å²) >= 11 is 0. The van der Waals surface area contributed by atoms with Gasteiger partial charge in [-0.3, -0.25) is 9.88 Å². The summed E-state index contributed by atoms with van der Waals surface area (Å²) in [6.07, 6.45) is 3.22. The predicted octanol–water partition coefficient (Wildman–Crippen LogP) is 0.370. The Morgan fingerprint density at radius 1 is 1.10 bits per heavy atom. The van der Waals surface area contributed by atoms with Crippen LogP contribution in [0.5, 0.6) is 0 Å². The molecule has 0 bridgehead atoms. The van der Waals surface area contributed by atoms with Crippen molar-refractivity contribution < 1.29 is 29.6 Å². The van der Waals surface area contributed by atoms with Crippen LogP contribution in [0.15, 0.2) is 35.0 Å². The third-order valence-electron chi connectivity index (χ3n) is 5.46. The van der Waals surface area contributed by atoms with E-state index < -0.39 is 22.9 Å². The average Bonchev–Trinajstić information content (AvgIpc) is 3.04. The van der Waals surface area contributed by atoms with Crippen molar-refractivity contribution >= 4 is 24.8 Å². The molecule has 11 heteroatoms. The van der Waals surface area contributed by atoms with Crippen molar-refractivity contribution in [3.8, 4) is 11.3 Å². The Morgan fingerprint density at radius 2 is 1.80 bits per heavy atom. The van der Waals surface area contributed by atoms with E-state index in [0.717, 1.165) is 4.90 Å². The largest absolute Gasteiger partial charge is 0.450 e. The topological polar surface area (TPSA) is 145 Å². The first-order valence-corrected chi connectivity index (χ1v) is 9.15. The van der Waals surface area contributed by atoms with Gasteiger partial charge in [0.05, 0.1) is 5.54 Å². The molecule has 4 N–H and O–H groups in total. The highest BCUT2D eigenvalue weighted by Gasteiger charge is 2.67. The lowest BCUT2D eigenvalue weighted by molar-refractivity contribution is -0.431.